The lowest BCUT2D eigenvalue weighted by molar-refractivity contribution is -0.138. The van der Waals surface area contributed by atoms with Crippen molar-refractivity contribution in [2.24, 2.45) is 5.92 Å². The smallest absolute Gasteiger partial charge is 0.243 e. The van der Waals surface area contributed by atoms with Gasteiger partial charge in [-0.3, -0.25) is 4.79 Å². The Balaban J connectivity index is 1.63. The summed E-state index contributed by atoms with van der Waals surface area (Å²) in [5.74, 6) is 0.187. The highest BCUT2D eigenvalue weighted by Crippen LogP contribution is 2.29. The van der Waals surface area contributed by atoms with Gasteiger partial charge in [-0.2, -0.15) is 4.31 Å². The maximum atomic E-state index is 12.9. The van der Waals surface area contributed by atoms with E-state index in [1.54, 1.807) is 12.1 Å². The zero-order chi connectivity index (χ0) is 18.7. The van der Waals surface area contributed by atoms with Gasteiger partial charge in [0, 0.05) is 31.6 Å². The third kappa shape index (κ3) is 3.96. The summed E-state index contributed by atoms with van der Waals surface area (Å²) in [4.78, 5) is 15.3. The van der Waals surface area contributed by atoms with Crippen molar-refractivity contribution in [1.29, 1.82) is 0 Å². The Kier molecular flexibility index (Phi) is 6.03. The number of nitrogens with zero attached hydrogens (tertiary/aromatic N) is 2. The molecule has 0 bridgehead atoms. The number of hydrogen-bond donors (Lipinski definition) is 0. The predicted octanol–water partition coefficient (Wildman–Crippen LogP) is 3.19. The van der Waals surface area contributed by atoms with Crippen molar-refractivity contribution in [3.63, 3.8) is 0 Å². The normalized spacial score (nSPS) is 20.4. The van der Waals surface area contributed by atoms with Crippen LogP contribution in [0.25, 0.3) is 0 Å². The molecule has 1 aliphatic heterocycles. The van der Waals surface area contributed by atoms with Crippen LogP contribution in [0.3, 0.4) is 0 Å². The number of benzene rings is 1. The fourth-order valence-corrected chi connectivity index (χ4v) is 5.72. The van der Waals surface area contributed by atoms with Gasteiger partial charge in [0.25, 0.3) is 0 Å². The molecule has 1 aromatic rings. The van der Waals surface area contributed by atoms with Gasteiger partial charge in [0.1, 0.15) is 0 Å². The second kappa shape index (κ2) is 8.09. The first-order valence-corrected chi connectivity index (χ1v) is 11.2. The van der Waals surface area contributed by atoms with Crippen molar-refractivity contribution in [3.8, 4) is 0 Å². The number of amides is 1. The van der Waals surface area contributed by atoms with E-state index in [0.29, 0.717) is 36.9 Å². The molecule has 1 aliphatic carbocycles. The summed E-state index contributed by atoms with van der Waals surface area (Å²) >= 11 is 0. The van der Waals surface area contributed by atoms with Gasteiger partial charge >= 0.3 is 0 Å². The van der Waals surface area contributed by atoms with Crippen LogP contribution in [-0.4, -0.2) is 49.2 Å². The van der Waals surface area contributed by atoms with Crippen LogP contribution in [0.4, 0.5) is 0 Å². The second-order valence-electron chi connectivity index (χ2n) is 7.55. The number of piperidine rings is 1. The van der Waals surface area contributed by atoms with E-state index in [0.717, 1.165) is 24.9 Å². The van der Waals surface area contributed by atoms with Crippen molar-refractivity contribution < 1.29 is 13.2 Å². The zero-order valence-electron chi connectivity index (χ0n) is 15.9. The van der Waals surface area contributed by atoms with Crippen molar-refractivity contribution in [2.45, 2.75) is 63.3 Å². The van der Waals surface area contributed by atoms with E-state index >= 15 is 0 Å². The zero-order valence-corrected chi connectivity index (χ0v) is 16.7. The molecule has 0 aromatic heterocycles. The van der Waals surface area contributed by atoms with Gasteiger partial charge in [0.2, 0.25) is 15.9 Å². The molecule has 0 N–H and O–H groups in total. The molecular weight excluding hydrogens is 348 g/mol. The predicted molar refractivity (Wildman–Crippen MR) is 102 cm³/mol. The molecule has 1 saturated heterocycles. The highest BCUT2D eigenvalue weighted by atomic mass is 32.2. The molecule has 0 spiro atoms. The van der Waals surface area contributed by atoms with Gasteiger partial charge in [-0.15, -0.1) is 0 Å². The van der Waals surface area contributed by atoms with Crippen LogP contribution in [0, 0.1) is 12.8 Å². The third-order valence-corrected chi connectivity index (χ3v) is 7.76. The second-order valence-corrected chi connectivity index (χ2v) is 9.49. The molecule has 3 rings (SSSR count). The highest BCUT2D eigenvalue weighted by Gasteiger charge is 2.35. The molecule has 1 heterocycles. The Morgan fingerprint density at radius 1 is 1.08 bits per heavy atom. The maximum Gasteiger partial charge on any atom is 0.243 e. The van der Waals surface area contributed by atoms with Crippen LogP contribution in [0.1, 0.15) is 51.0 Å². The average molecular weight is 379 g/mol. The summed E-state index contributed by atoms with van der Waals surface area (Å²) < 4.78 is 27.1. The lowest BCUT2D eigenvalue weighted by Crippen LogP contribution is -2.47. The van der Waals surface area contributed by atoms with Gasteiger partial charge in [0.05, 0.1) is 4.90 Å². The first-order valence-electron chi connectivity index (χ1n) is 9.80. The van der Waals surface area contributed by atoms with E-state index in [4.69, 9.17) is 0 Å². The summed E-state index contributed by atoms with van der Waals surface area (Å²) in [6, 6.07) is 7.37. The molecule has 1 amide bonds. The topological polar surface area (TPSA) is 57.7 Å². The van der Waals surface area contributed by atoms with E-state index in [2.05, 4.69) is 0 Å². The SMILES string of the molecule is CCN(C(=O)C1CCN(S(=O)(=O)c2ccc(C)cc2)CC1)C1CCCC1. The van der Waals surface area contributed by atoms with Crippen LogP contribution in [0.5, 0.6) is 0 Å². The number of aryl methyl sites for hydroxylation is 1. The molecule has 6 heteroatoms. The monoisotopic (exact) mass is 378 g/mol. The highest BCUT2D eigenvalue weighted by molar-refractivity contribution is 7.89. The Morgan fingerprint density at radius 2 is 1.65 bits per heavy atom. The molecular formula is C20H30N2O3S. The van der Waals surface area contributed by atoms with Crippen molar-refractivity contribution in [3.05, 3.63) is 29.8 Å². The Bertz CT molecular complexity index is 716. The van der Waals surface area contributed by atoms with Crippen LogP contribution in [0.2, 0.25) is 0 Å². The minimum Gasteiger partial charge on any atom is -0.340 e. The molecule has 1 aromatic carbocycles. The van der Waals surface area contributed by atoms with Crippen molar-refractivity contribution in [2.75, 3.05) is 19.6 Å². The minimum absolute atomic E-state index is 0.0417. The number of sulfonamides is 1. The Morgan fingerprint density at radius 3 is 2.19 bits per heavy atom. The number of carbonyl (C=O) groups excluding carboxylic acids is 1. The quantitative estimate of drug-likeness (QED) is 0.791. The molecule has 0 unspecified atom stereocenters. The third-order valence-electron chi connectivity index (χ3n) is 5.85. The lowest BCUT2D eigenvalue weighted by atomic mass is 9.95. The number of carbonyl (C=O) groups is 1. The van der Waals surface area contributed by atoms with E-state index in [9.17, 15) is 13.2 Å². The van der Waals surface area contributed by atoms with Gasteiger partial charge in [-0.1, -0.05) is 30.5 Å². The summed E-state index contributed by atoms with van der Waals surface area (Å²) in [5, 5.41) is 0. The summed E-state index contributed by atoms with van der Waals surface area (Å²) in [6.07, 6.45) is 5.88. The van der Waals surface area contributed by atoms with Crippen LogP contribution in [-0.2, 0) is 14.8 Å². The molecule has 1 saturated carbocycles. The molecule has 144 valence electrons. The van der Waals surface area contributed by atoms with Crippen LogP contribution < -0.4 is 0 Å². The van der Waals surface area contributed by atoms with E-state index < -0.39 is 10.0 Å². The minimum atomic E-state index is -3.46. The van der Waals surface area contributed by atoms with Crippen molar-refractivity contribution in [1.82, 2.24) is 9.21 Å². The van der Waals surface area contributed by atoms with Gasteiger partial charge in [-0.05, 0) is 51.7 Å². The van der Waals surface area contributed by atoms with E-state index in [-0.39, 0.29) is 11.8 Å². The van der Waals surface area contributed by atoms with Crippen molar-refractivity contribution >= 4 is 15.9 Å². The first-order chi connectivity index (χ1) is 12.4. The molecule has 5 nitrogen and oxygen atoms in total. The molecule has 0 radical (unpaired) electrons. The van der Waals surface area contributed by atoms with Gasteiger partial charge < -0.3 is 4.90 Å². The molecule has 2 fully saturated rings. The summed E-state index contributed by atoms with van der Waals surface area (Å²) in [5.41, 5.74) is 1.04. The summed E-state index contributed by atoms with van der Waals surface area (Å²) in [7, 11) is -3.46. The fourth-order valence-electron chi connectivity index (χ4n) is 4.25. The van der Waals surface area contributed by atoms with Crippen LogP contribution in [0.15, 0.2) is 29.2 Å². The van der Waals surface area contributed by atoms with Crippen LogP contribution >= 0.6 is 0 Å². The maximum absolute atomic E-state index is 12.9. The first kappa shape index (κ1) is 19.4. The molecule has 2 aliphatic rings. The largest absolute Gasteiger partial charge is 0.340 e. The Hall–Kier alpha value is -1.40. The average Bonchev–Trinajstić information content (AvgIpc) is 3.17. The molecule has 26 heavy (non-hydrogen) atoms. The number of hydrogen-bond acceptors (Lipinski definition) is 3. The van der Waals surface area contributed by atoms with Gasteiger partial charge in [-0.25, -0.2) is 8.42 Å². The Labute approximate surface area is 157 Å². The summed E-state index contributed by atoms with van der Waals surface area (Å²) in [6.45, 7) is 5.60. The lowest BCUT2D eigenvalue weighted by Gasteiger charge is -2.35. The molecule has 0 atom stereocenters. The standard InChI is InChI=1S/C20H30N2O3S/c1-3-22(18-6-4-5-7-18)20(23)17-12-14-21(15-13-17)26(24,25)19-10-8-16(2)9-11-19/h8-11,17-18H,3-7,12-15H2,1-2H3. The van der Waals surface area contributed by atoms with Gasteiger partial charge in [0.15, 0.2) is 0 Å². The number of rotatable bonds is 5. The van der Waals surface area contributed by atoms with E-state index in [1.807, 2.05) is 30.9 Å². The fraction of sp³-hybridized carbons (Fsp3) is 0.650. The van der Waals surface area contributed by atoms with E-state index in [1.165, 1.54) is 17.1 Å².